The standard InChI is InChI=1S/C15H11Cl2N3O4/c16-11-4-1-9(2-5-11)7-14(18)19-24-15(21)10-3-6-12(17)13(8-10)20(22)23/h1-6,8H,7H2,(H2,18,19). The number of halogens is 2. The van der Waals surface area contributed by atoms with Crippen LogP contribution in [0, 0.1) is 10.1 Å². The van der Waals surface area contributed by atoms with Gasteiger partial charge in [0, 0.05) is 17.5 Å². The molecule has 2 rings (SSSR count). The zero-order chi connectivity index (χ0) is 17.7. The number of benzene rings is 2. The van der Waals surface area contributed by atoms with Crippen molar-refractivity contribution in [1.29, 1.82) is 0 Å². The van der Waals surface area contributed by atoms with Gasteiger partial charge in [0.1, 0.15) is 10.9 Å². The number of amidine groups is 1. The first-order valence-electron chi connectivity index (χ1n) is 6.59. The molecule has 7 nitrogen and oxygen atoms in total. The number of rotatable bonds is 5. The van der Waals surface area contributed by atoms with E-state index in [0.29, 0.717) is 5.02 Å². The number of hydrogen-bond acceptors (Lipinski definition) is 5. The maximum atomic E-state index is 11.9. The molecule has 0 spiro atoms. The van der Waals surface area contributed by atoms with Crippen molar-refractivity contribution in [2.24, 2.45) is 10.9 Å². The fraction of sp³-hybridized carbons (Fsp3) is 0.0667. The van der Waals surface area contributed by atoms with Crippen LogP contribution in [0.25, 0.3) is 0 Å². The molecular formula is C15H11Cl2N3O4. The van der Waals surface area contributed by atoms with Gasteiger partial charge in [-0.05, 0) is 29.8 Å². The number of nitro benzene ring substituents is 1. The molecule has 0 atom stereocenters. The number of nitro groups is 1. The van der Waals surface area contributed by atoms with E-state index >= 15 is 0 Å². The number of oxime groups is 1. The van der Waals surface area contributed by atoms with E-state index in [-0.39, 0.29) is 22.8 Å². The molecule has 0 aromatic heterocycles. The highest BCUT2D eigenvalue weighted by Crippen LogP contribution is 2.25. The highest BCUT2D eigenvalue weighted by atomic mass is 35.5. The normalized spacial score (nSPS) is 11.2. The van der Waals surface area contributed by atoms with Crippen LogP contribution in [0.4, 0.5) is 5.69 Å². The van der Waals surface area contributed by atoms with E-state index in [9.17, 15) is 14.9 Å². The Morgan fingerprint density at radius 3 is 2.50 bits per heavy atom. The van der Waals surface area contributed by atoms with Crippen LogP contribution in [0.5, 0.6) is 0 Å². The lowest BCUT2D eigenvalue weighted by Gasteiger charge is -2.02. The fourth-order valence-corrected chi connectivity index (χ4v) is 2.09. The Bertz CT molecular complexity index is 807. The van der Waals surface area contributed by atoms with Gasteiger partial charge in [-0.25, -0.2) is 4.79 Å². The Balaban J connectivity index is 2.05. The largest absolute Gasteiger partial charge is 0.384 e. The van der Waals surface area contributed by atoms with E-state index in [0.717, 1.165) is 11.6 Å². The lowest BCUT2D eigenvalue weighted by atomic mass is 10.1. The van der Waals surface area contributed by atoms with E-state index in [1.54, 1.807) is 24.3 Å². The van der Waals surface area contributed by atoms with Gasteiger partial charge in [-0.15, -0.1) is 0 Å². The quantitative estimate of drug-likeness (QED) is 0.285. The molecule has 0 unspecified atom stereocenters. The van der Waals surface area contributed by atoms with Crippen LogP contribution < -0.4 is 5.73 Å². The van der Waals surface area contributed by atoms with Crippen molar-refractivity contribution in [3.63, 3.8) is 0 Å². The zero-order valence-electron chi connectivity index (χ0n) is 12.1. The Morgan fingerprint density at radius 1 is 1.21 bits per heavy atom. The summed E-state index contributed by atoms with van der Waals surface area (Å²) in [5, 5.41) is 14.8. The van der Waals surface area contributed by atoms with E-state index in [4.69, 9.17) is 33.8 Å². The summed E-state index contributed by atoms with van der Waals surface area (Å²) in [6.07, 6.45) is 0.255. The molecule has 124 valence electrons. The van der Waals surface area contributed by atoms with E-state index in [1.807, 2.05) is 0 Å². The van der Waals surface area contributed by atoms with E-state index in [2.05, 4.69) is 5.16 Å². The molecule has 2 N–H and O–H groups in total. The minimum absolute atomic E-state index is 0.0610. The summed E-state index contributed by atoms with van der Waals surface area (Å²) in [4.78, 5) is 26.7. The zero-order valence-corrected chi connectivity index (χ0v) is 13.6. The van der Waals surface area contributed by atoms with Gasteiger partial charge in [0.05, 0.1) is 10.5 Å². The van der Waals surface area contributed by atoms with Gasteiger partial charge in [-0.3, -0.25) is 10.1 Å². The van der Waals surface area contributed by atoms with Gasteiger partial charge in [0.15, 0.2) is 0 Å². The van der Waals surface area contributed by atoms with Crippen LogP contribution in [-0.4, -0.2) is 16.7 Å². The van der Waals surface area contributed by atoms with Crippen molar-refractivity contribution >= 4 is 40.7 Å². The van der Waals surface area contributed by atoms with Crippen molar-refractivity contribution in [1.82, 2.24) is 0 Å². The smallest absolute Gasteiger partial charge is 0.366 e. The monoisotopic (exact) mass is 367 g/mol. The molecule has 0 bridgehead atoms. The van der Waals surface area contributed by atoms with Crippen molar-refractivity contribution < 1.29 is 14.6 Å². The summed E-state index contributed by atoms with van der Waals surface area (Å²) >= 11 is 11.5. The van der Waals surface area contributed by atoms with Gasteiger partial charge >= 0.3 is 5.97 Å². The Hall–Kier alpha value is -2.64. The number of carbonyl (C=O) groups is 1. The molecule has 0 fully saturated rings. The molecule has 0 heterocycles. The summed E-state index contributed by atoms with van der Waals surface area (Å²) in [6.45, 7) is 0. The van der Waals surface area contributed by atoms with Crippen molar-refractivity contribution in [2.45, 2.75) is 6.42 Å². The first kappa shape index (κ1) is 17.7. The third kappa shape index (κ3) is 4.68. The molecule has 0 saturated heterocycles. The lowest BCUT2D eigenvalue weighted by molar-refractivity contribution is -0.384. The molecule has 2 aromatic rings. The van der Waals surface area contributed by atoms with Crippen molar-refractivity contribution in [2.75, 3.05) is 0 Å². The maximum absolute atomic E-state index is 11.9. The highest BCUT2D eigenvalue weighted by molar-refractivity contribution is 6.32. The molecular weight excluding hydrogens is 357 g/mol. The fourth-order valence-electron chi connectivity index (χ4n) is 1.78. The summed E-state index contributed by atoms with van der Waals surface area (Å²) in [6, 6.07) is 10.4. The summed E-state index contributed by atoms with van der Waals surface area (Å²) in [7, 11) is 0. The first-order valence-corrected chi connectivity index (χ1v) is 7.34. The third-order valence-corrected chi connectivity index (χ3v) is 3.49. The molecule has 0 radical (unpaired) electrons. The van der Waals surface area contributed by atoms with Gasteiger partial charge < -0.3 is 10.6 Å². The topological polar surface area (TPSA) is 108 Å². The Labute approximate surface area is 146 Å². The molecule has 0 saturated carbocycles. The first-order chi connectivity index (χ1) is 11.4. The minimum Gasteiger partial charge on any atom is -0.384 e. The average molecular weight is 368 g/mol. The van der Waals surface area contributed by atoms with Crippen molar-refractivity contribution in [3.05, 3.63) is 73.8 Å². The second-order valence-corrected chi connectivity index (χ2v) is 5.53. The molecule has 0 aliphatic carbocycles. The van der Waals surface area contributed by atoms with Gasteiger partial charge in [0.2, 0.25) is 0 Å². The highest BCUT2D eigenvalue weighted by Gasteiger charge is 2.17. The second kappa shape index (κ2) is 7.76. The van der Waals surface area contributed by atoms with Crippen LogP contribution in [0.15, 0.2) is 47.6 Å². The molecule has 24 heavy (non-hydrogen) atoms. The van der Waals surface area contributed by atoms with Crippen LogP contribution in [0.2, 0.25) is 10.0 Å². The lowest BCUT2D eigenvalue weighted by Crippen LogP contribution is -2.16. The van der Waals surface area contributed by atoms with Gasteiger partial charge in [0.25, 0.3) is 5.69 Å². The van der Waals surface area contributed by atoms with Crippen LogP contribution >= 0.6 is 23.2 Å². The summed E-state index contributed by atoms with van der Waals surface area (Å²) in [5.74, 6) is -0.817. The predicted molar refractivity (Wildman–Crippen MR) is 90.3 cm³/mol. The van der Waals surface area contributed by atoms with Crippen LogP contribution in [-0.2, 0) is 11.3 Å². The number of nitrogens with two attached hydrogens (primary N) is 1. The van der Waals surface area contributed by atoms with E-state index < -0.39 is 16.6 Å². The molecule has 2 aromatic carbocycles. The van der Waals surface area contributed by atoms with Crippen LogP contribution in [0.3, 0.4) is 0 Å². The van der Waals surface area contributed by atoms with Crippen molar-refractivity contribution in [3.8, 4) is 0 Å². The predicted octanol–water partition coefficient (Wildman–Crippen LogP) is 3.57. The summed E-state index contributed by atoms with van der Waals surface area (Å²) in [5.41, 5.74) is 6.06. The Morgan fingerprint density at radius 2 is 1.88 bits per heavy atom. The molecule has 0 aliphatic rings. The maximum Gasteiger partial charge on any atom is 0.366 e. The van der Waals surface area contributed by atoms with E-state index in [1.165, 1.54) is 12.1 Å². The summed E-state index contributed by atoms with van der Waals surface area (Å²) < 4.78 is 0. The second-order valence-electron chi connectivity index (χ2n) is 4.69. The van der Waals surface area contributed by atoms with Gasteiger partial charge in [-0.1, -0.05) is 40.5 Å². The SMILES string of the molecule is NC(Cc1ccc(Cl)cc1)=NOC(=O)c1ccc(Cl)c([N+](=O)[O-])c1. The Kier molecular flexibility index (Phi) is 5.73. The third-order valence-electron chi connectivity index (χ3n) is 2.92. The molecule has 0 amide bonds. The van der Waals surface area contributed by atoms with Crippen LogP contribution in [0.1, 0.15) is 15.9 Å². The van der Waals surface area contributed by atoms with Gasteiger partial charge in [-0.2, -0.15) is 0 Å². The average Bonchev–Trinajstić information content (AvgIpc) is 2.55. The molecule has 0 aliphatic heterocycles. The molecule has 9 heteroatoms. The number of carbonyl (C=O) groups excluding carboxylic acids is 1. The number of nitrogens with zero attached hydrogens (tertiary/aromatic N) is 2. The minimum atomic E-state index is -0.881. The number of hydrogen-bond donors (Lipinski definition) is 1.